The Morgan fingerprint density at radius 1 is 1.50 bits per heavy atom. The molecule has 0 aromatic rings. The van der Waals surface area contributed by atoms with Gasteiger partial charge in [0, 0.05) is 25.2 Å². The molecule has 3 heteroatoms. The van der Waals surface area contributed by atoms with E-state index in [9.17, 15) is 0 Å². The summed E-state index contributed by atoms with van der Waals surface area (Å²) in [5.41, 5.74) is 5.97. The highest BCUT2D eigenvalue weighted by Gasteiger charge is 2.21. The van der Waals surface area contributed by atoms with Crippen LogP contribution in [0, 0.1) is 0 Å². The normalized spacial score (nSPS) is 26.8. The molecule has 2 N–H and O–H groups in total. The van der Waals surface area contributed by atoms with E-state index in [2.05, 4.69) is 30.8 Å². The van der Waals surface area contributed by atoms with E-state index in [0.29, 0.717) is 6.04 Å². The first-order valence-electron chi connectivity index (χ1n) is 5.77. The molecular weight excluding hydrogens is 174 g/mol. The molecule has 0 aliphatic carbocycles. The third-order valence-electron chi connectivity index (χ3n) is 3.23. The fraction of sp³-hybridized carbons (Fsp3) is 1.00. The number of likely N-dealkylation sites (tertiary alicyclic amines) is 1. The minimum absolute atomic E-state index is 0.357. The lowest BCUT2D eigenvalue weighted by atomic mass is 10.0. The van der Waals surface area contributed by atoms with Crippen molar-refractivity contribution in [2.24, 2.45) is 5.73 Å². The number of rotatable bonds is 4. The largest absolute Gasteiger partial charge is 0.327 e. The lowest BCUT2D eigenvalue weighted by Crippen LogP contribution is -2.48. The summed E-state index contributed by atoms with van der Waals surface area (Å²) in [4.78, 5) is 4.85. The molecule has 0 spiro atoms. The molecule has 0 amide bonds. The zero-order valence-electron chi connectivity index (χ0n) is 9.87. The standard InChI is InChI=1S/C11H25N3/c1-4-10(12)8-14-7-5-6-11(9-14)13(2)3/h10-11H,4-9,12H2,1-3H3. The number of likely N-dealkylation sites (N-methyl/N-ethyl adjacent to an activating group) is 1. The minimum atomic E-state index is 0.357. The highest BCUT2D eigenvalue weighted by atomic mass is 15.2. The van der Waals surface area contributed by atoms with Crippen LogP contribution in [0.4, 0.5) is 0 Å². The Morgan fingerprint density at radius 2 is 2.21 bits per heavy atom. The van der Waals surface area contributed by atoms with Crippen molar-refractivity contribution >= 4 is 0 Å². The molecule has 1 saturated heterocycles. The average Bonchev–Trinajstić information content (AvgIpc) is 2.18. The van der Waals surface area contributed by atoms with Gasteiger partial charge in [0.1, 0.15) is 0 Å². The van der Waals surface area contributed by atoms with E-state index >= 15 is 0 Å². The number of piperidine rings is 1. The summed E-state index contributed by atoms with van der Waals surface area (Å²) < 4.78 is 0. The summed E-state index contributed by atoms with van der Waals surface area (Å²) in [5, 5.41) is 0. The summed E-state index contributed by atoms with van der Waals surface area (Å²) in [6.07, 6.45) is 3.74. The van der Waals surface area contributed by atoms with Crippen molar-refractivity contribution in [1.82, 2.24) is 9.80 Å². The van der Waals surface area contributed by atoms with Gasteiger partial charge in [0.15, 0.2) is 0 Å². The Bertz CT molecular complexity index is 159. The van der Waals surface area contributed by atoms with Crippen LogP contribution in [-0.4, -0.2) is 55.6 Å². The topological polar surface area (TPSA) is 32.5 Å². The van der Waals surface area contributed by atoms with Gasteiger partial charge in [-0.05, 0) is 39.9 Å². The molecule has 0 bridgehead atoms. The van der Waals surface area contributed by atoms with Crippen LogP contribution in [0.5, 0.6) is 0 Å². The average molecular weight is 199 g/mol. The molecular formula is C11H25N3. The van der Waals surface area contributed by atoms with Gasteiger partial charge in [0.2, 0.25) is 0 Å². The van der Waals surface area contributed by atoms with Crippen molar-refractivity contribution in [3.63, 3.8) is 0 Å². The van der Waals surface area contributed by atoms with Crippen molar-refractivity contribution < 1.29 is 0 Å². The second kappa shape index (κ2) is 5.69. The molecule has 2 unspecified atom stereocenters. The van der Waals surface area contributed by atoms with Crippen LogP contribution < -0.4 is 5.73 Å². The molecule has 1 rings (SSSR count). The molecule has 3 nitrogen and oxygen atoms in total. The first kappa shape index (κ1) is 12.0. The van der Waals surface area contributed by atoms with Crippen molar-refractivity contribution in [2.75, 3.05) is 33.7 Å². The first-order valence-corrected chi connectivity index (χ1v) is 5.77. The number of nitrogens with zero attached hydrogens (tertiary/aromatic N) is 2. The zero-order valence-corrected chi connectivity index (χ0v) is 9.87. The fourth-order valence-corrected chi connectivity index (χ4v) is 2.08. The summed E-state index contributed by atoms with van der Waals surface area (Å²) in [5.74, 6) is 0. The molecule has 84 valence electrons. The Labute approximate surface area is 88.2 Å². The second-order valence-electron chi connectivity index (χ2n) is 4.69. The molecule has 1 fully saturated rings. The van der Waals surface area contributed by atoms with Gasteiger partial charge in [-0.1, -0.05) is 6.92 Å². The fourth-order valence-electron chi connectivity index (χ4n) is 2.08. The van der Waals surface area contributed by atoms with Gasteiger partial charge >= 0.3 is 0 Å². The number of hydrogen-bond acceptors (Lipinski definition) is 3. The predicted octanol–water partition coefficient (Wildman–Crippen LogP) is 0.750. The second-order valence-corrected chi connectivity index (χ2v) is 4.69. The van der Waals surface area contributed by atoms with E-state index < -0.39 is 0 Å². The van der Waals surface area contributed by atoms with Crippen LogP contribution in [0.3, 0.4) is 0 Å². The molecule has 0 saturated carbocycles. The van der Waals surface area contributed by atoms with Crippen LogP contribution in [0.1, 0.15) is 26.2 Å². The van der Waals surface area contributed by atoms with E-state index in [1.807, 2.05) is 0 Å². The quantitative estimate of drug-likeness (QED) is 0.725. The monoisotopic (exact) mass is 199 g/mol. The predicted molar refractivity (Wildman–Crippen MR) is 61.4 cm³/mol. The zero-order chi connectivity index (χ0) is 10.6. The highest BCUT2D eigenvalue weighted by molar-refractivity contribution is 4.79. The minimum Gasteiger partial charge on any atom is -0.327 e. The van der Waals surface area contributed by atoms with Gasteiger partial charge in [-0.15, -0.1) is 0 Å². The van der Waals surface area contributed by atoms with Crippen LogP contribution in [0.15, 0.2) is 0 Å². The third-order valence-corrected chi connectivity index (χ3v) is 3.23. The Kier molecular flexibility index (Phi) is 4.85. The van der Waals surface area contributed by atoms with Gasteiger partial charge < -0.3 is 15.5 Å². The first-order chi connectivity index (χ1) is 6.63. The lowest BCUT2D eigenvalue weighted by Gasteiger charge is -2.37. The van der Waals surface area contributed by atoms with Crippen molar-refractivity contribution in [3.05, 3.63) is 0 Å². The van der Waals surface area contributed by atoms with Gasteiger partial charge in [0.05, 0.1) is 0 Å². The maximum Gasteiger partial charge on any atom is 0.0217 e. The van der Waals surface area contributed by atoms with Gasteiger partial charge in [-0.25, -0.2) is 0 Å². The molecule has 14 heavy (non-hydrogen) atoms. The molecule has 1 aliphatic heterocycles. The van der Waals surface area contributed by atoms with Gasteiger partial charge in [0.25, 0.3) is 0 Å². The van der Waals surface area contributed by atoms with Crippen LogP contribution in [0.25, 0.3) is 0 Å². The summed E-state index contributed by atoms with van der Waals surface area (Å²) in [6.45, 7) is 5.66. The van der Waals surface area contributed by atoms with E-state index in [1.54, 1.807) is 0 Å². The highest BCUT2D eigenvalue weighted by Crippen LogP contribution is 2.13. The van der Waals surface area contributed by atoms with E-state index in [-0.39, 0.29) is 0 Å². The number of nitrogens with two attached hydrogens (primary N) is 1. The summed E-state index contributed by atoms with van der Waals surface area (Å²) >= 11 is 0. The maximum absolute atomic E-state index is 5.97. The van der Waals surface area contributed by atoms with Crippen molar-refractivity contribution in [2.45, 2.75) is 38.3 Å². The van der Waals surface area contributed by atoms with Crippen LogP contribution >= 0.6 is 0 Å². The Hall–Kier alpha value is -0.120. The Balaban J connectivity index is 2.32. The van der Waals surface area contributed by atoms with Crippen LogP contribution in [0.2, 0.25) is 0 Å². The Morgan fingerprint density at radius 3 is 2.79 bits per heavy atom. The number of hydrogen-bond donors (Lipinski definition) is 1. The van der Waals surface area contributed by atoms with Crippen molar-refractivity contribution in [3.8, 4) is 0 Å². The van der Waals surface area contributed by atoms with Gasteiger partial charge in [-0.3, -0.25) is 0 Å². The van der Waals surface area contributed by atoms with E-state index in [4.69, 9.17) is 5.73 Å². The molecule has 1 aliphatic rings. The van der Waals surface area contributed by atoms with Crippen LogP contribution in [-0.2, 0) is 0 Å². The van der Waals surface area contributed by atoms with Gasteiger partial charge in [-0.2, -0.15) is 0 Å². The molecule has 0 aromatic heterocycles. The smallest absolute Gasteiger partial charge is 0.0217 e. The van der Waals surface area contributed by atoms with E-state index in [0.717, 1.165) is 19.0 Å². The molecule has 0 radical (unpaired) electrons. The summed E-state index contributed by atoms with van der Waals surface area (Å²) in [7, 11) is 4.35. The third kappa shape index (κ3) is 3.56. The summed E-state index contributed by atoms with van der Waals surface area (Å²) in [6, 6.07) is 1.09. The lowest BCUT2D eigenvalue weighted by molar-refractivity contribution is 0.127. The maximum atomic E-state index is 5.97. The van der Waals surface area contributed by atoms with Crippen molar-refractivity contribution in [1.29, 1.82) is 0 Å². The van der Waals surface area contributed by atoms with E-state index in [1.165, 1.54) is 25.9 Å². The molecule has 2 atom stereocenters. The SMILES string of the molecule is CCC(N)CN1CCCC(N(C)C)C1. The molecule has 1 heterocycles. The molecule has 0 aromatic carbocycles.